The molecule has 1 unspecified atom stereocenters. The highest BCUT2D eigenvalue weighted by atomic mass is 19.1. The van der Waals surface area contributed by atoms with Crippen LogP contribution in [-0.2, 0) is 11.8 Å². The number of aromatic nitrogens is 3. The topological polar surface area (TPSA) is 60.2 Å². The van der Waals surface area contributed by atoms with Gasteiger partial charge in [-0.3, -0.25) is 4.68 Å². The molecule has 1 saturated heterocycles. The Morgan fingerprint density at radius 3 is 2.52 bits per heavy atom. The van der Waals surface area contributed by atoms with Gasteiger partial charge in [-0.15, -0.1) is 0 Å². The summed E-state index contributed by atoms with van der Waals surface area (Å²) in [7, 11) is 2.83. The fourth-order valence-electron chi connectivity index (χ4n) is 1.85. The smallest absolute Gasteiger partial charge is 0.137 e. The van der Waals surface area contributed by atoms with Crippen molar-refractivity contribution in [3.8, 4) is 0 Å². The molecule has 0 bridgehead atoms. The number of ether oxygens (including phenoxy) is 1. The van der Waals surface area contributed by atoms with Crippen LogP contribution < -0.4 is 0 Å². The summed E-state index contributed by atoms with van der Waals surface area (Å²) in [6.45, 7) is 0.668. The Morgan fingerprint density at radius 1 is 1.33 bits per heavy atom. The van der Waals surface area contributed by atoms with E-state index in [9.17, 15) is 8.78 Å². The van der Waals surface area contributed by atoms with Crippen LogP contribution in [0.25, 0.3) is 0 Å². The van der Waals surface area contributed by atoms with Gasteiger partial charge < -0.3 is 9.84 Å². The summed E-state index contributed by atoms with van der Waals surface area (Å²) in [5.41, 5.74) is 0.471. The van der Waals surface area contributed by atoms with Crippen LogP contribution in [0.3, 0.4) is 0 Å². The molecular formula is C14H19F2N3O2. The van der Waals surface area contributed by atoms with Crippen molar-refractivity contribution in [1.82, 2.24) is 14.8 Å². The summed E-state index contributed by atoms with van der Waals surface area (Å²) in [6.07, 6.45) is 4.73. The molecule has 3 rings (SSSR count). The van der Waals surface area contributed by atoms with E-state index in [0.29, 0.717) is 12.2 Å². The van der Waals surface area contributed by atoms with Gasteiger partial charge in [0.1, 0.15) is 24.3 Å². The maximum Gasteiger partial charge on any atom is 0.137 e. The monoisotopic (exact) mass is 299 g/mol. The van der Waals surface area contributed by atoms with E-state index in [0.717, 1.165) is 26.0 Å². The van der Waals surface area contributed by atoms with Crippen molar-refractivity contribution in [2.75, 3.05) is 13.7 Å². The number of aliphatic hydroxyl groups excluding tert-OH is 1. The molecule has 116 valence electrons. The molecule has 0 saturated carbocycles. The fourth-order valence-corrected chi connectivity index (χ4v) is 1.85. The number of aryl methyl sites for hydroxylation is 1. The number of hydrogen-bond donors (Lipinski definition) is 1. The maximum atomic E-state index is 13.2. The molecule has 0 aliphatic carbocycles. The summed E-state index contributed by atoms with van der Waals surface area (Å²) in [4.78, 5) is 3.67. The summed E-state index contributed by atoms with van der Waals surface area (Å²) in [5, 5.41) is 10.7. The Hall–Kier alpha value is -1.86. The van der Waals surface area contributed by atoms with Gasteiger partial charge in [0.15, 0.2) is 0 Å². The van der Waals surface area contributed by atoms with E-state index in [4.69, 9.17) is 9.84 Å². The van der Waals surface area contributed by atoms with Crippen molar-refractivity contribution < 1.29 is 18.6 Å². The molecule has 1 N–H and O–H groups in total. The average molecular weight is 299 g/mol. The molecule has 7 heteroatoms. The lowest BCUT2D eigenvalue weighted by atomic mass is 10.1. The van der Waals surface area contributed by atoms with Crippen LogP contribution in [0.4, 0.5) is 8.78 Å². The Morgan fingerprint density at radius 2 is 2.10 bits per heavy atom. The van der Waals surface area contributed by atoms with Gasteiger partial charge >= 0.3 is 0 Å². The normalized spacial score (nSPS) is 16.5. The van der Waals surface area contributed by atoms with Gasteiger partial charge in [-0.1, -0.05) is 6.07 Å². The van der Waals surface area contributed by atoms with E-state index < -0.39 is 11.6 Å². The van der Waals surface area contributed by atoms with Crippen molar-refractivity contribution >= 4 is 0 Å². The van der Waals surface area contributed by atoms with Crippen LogP contribution in [0.5, 0.6) is 0 Å². The first-order chi connectivity index (χ1) is 10.2. The lowest BCUT2D eigenvalue weighted by molar-refractivity contribution is 0.109. The lowest BCUT2D eigenvalue weighted by Gasteiger charge is -2.10. The third-order valence-electron chi connectivity index (χ3n) is 2.77. The number of rotatable bonds is 1. The molecule has 5 nitrogen and oxygen atoms in total. The van der Waals surface area contributed by atoms with Crippen LogP contribution in [0.2, 0.25) is 0 Å². The molecule has 0 spiro atoms. The molecule has 2 aromatic rings. The molecule has 0 amide bonds. The van der Waals surface area contributed by atoms with Crippen molar-refractivity contribution in [2.24, 2.45) is 7.05 Å². The Bertz CT molecular complexity index is 515. The van der Waals surface area contributed by atoms with E-state index in [2.05, 4.69) is 10.1 Å². The van der Waals surface area contributed by atoms with Crippen molar-refractivity contribution in [3.05, 3.63) is 48.1 Å². The van der Waals surface area contributed by atoms with Crippen molar-refractivity contribution in [3.63, 3.8) is 0 Å². The molecule has 1 aromatic heterocycles. The summed E-state index contributed by atoms with van der Waals surface area (Å²) in [5.74, 6) is -1.05. The average Bonchev–Trinajstić information content (AvgIpc) is 3.15. The first-order valence-electron chi connectivity index (χ1n) is 6.46. The number of aliphatic hydroxyl groups is 1. The Balaban J connectivity index is 0.000000231. The number of halogens is 2. The predicted octanol–water partition coefficient (Wildman–Crippen LogP) is 2.24. The van der Waals surface area contributed by atoms with E-state index in [1.165, 1.54) is 18.5 Å². The lowest BCUT2D eigenvalue weighted by Crippen LogP contribution is -1.99. The van der Waals surface area contributed by atoms with E-state index in [-0.39, 0.29) is 6.10 Å². The predicted molar refractivity (Wildman–Crippen MR) is 73.4 cm³/mol. The molecule has 21 heavy (non-hydrogen) atoms. The minimum Gasteiger partial charge on any atom is -0.400 e. The number of hydrogen-bond acceptors (Lipinski definition) is 4. The Kier molecular flexibility index (Phi) is 7.49. The highest BCUT2D eigenvalue weighted by molar-refractivity contribution is 5.21. The van der Waals surface area contributed by atoms with Crippen LogP contribution in [0, 0.1) is 11.6 Å². The molecule has 1 aliphatic rings. The van der Waals surface area contributed by atoms with Gasteiger partial charge in [-0.2, -0.15) is 5.10 Å². The van der Waals surface area contributed by atoms with Crippen molar-refractivity contribution in [1.29, 1.82) is 0 Å². The largest absolute Gasteiger partial charge is 0.400 e. The van der Waals surface area contributed by atoms with Crippen LogP contribution in [-0.4, -0.2) is 33.6 Å². The third-order valence-corrected chi connectivity index (χ3v) is 2.77. The Labute approximate surface area is 122 Å². The second-order valence-corrected chi connectivity index (χ2v) is 4.24. The summed E-state index contributed by atoms with van der Waals surface area (Å²) >= 11 is 0. The van der Waals surface area contributed by atoms with Gasteiger partial charge in [0, 0.05) is 32.4 Å². The molecule has 1 aliphatic heterocycles. The summed E-state index contributed by atoms with van der Waals surface area (Å²) < 4.78 is 32.7. The number of benzene rings is 1. The second kappa shape index (κ2) is 9.15. The van der Waals surface area contributed by atoms with E-state index in [1.807, 2.05) is 7.05 Å². The zero-order valence-corrected chi connectivity index (χ0v) is 12.0. The number of nitrogens with zero attached hydrogens (tertiary/aromatic N) is 3. The zero-order chi connectivity index (χ0) is 15.7. The van der Waals surface area contributed by atoms with E-state index >= 15 is 0 Å². The van der Waals surface area contributed by atoms with Crippen LogP contribution in [0.15, 0.2) is 30.9 Å². The van der Waals surface area contributed by atoms with Gasteiger partial charge in [0.25, 0.3) is 0 Å². The molecule has 0 radical (unpaired) electrons. The summed E-state index contributed by atoms with van der Waals surface area (Å²) in [6, 6.07) is 3.62. The van der Waals surface area contributed by atoms with Crippen LogP contribution in [0.1, 0.15) is 24.5 Å². The van der Waals surface area contributed by atoms with Gasteiger partial charge in [0.05, 0.1) is 6.10 Å². The third kappa shape index (κ3) is 5.57. The van der Waals surface area contributed by atoms with Gasteiger partial charge in [-0.05, 0) is 18.9 Å². The quantitative estimate of drug-likeness (QED) is 0.877. The minimum absolute atomic E-state index is 0.180. The SMILES string of the molecule is CO.Cn1cncn1.Fc1ccc(C2CCCO2)c(F)c1. The molecule has 1 atom stereocenters. The maximum absolute atomic E-state index is 13.2. The second-order valence-electron chi connectivity index (χ2n) is 4.24. The highest BCUT2D eigenvalue weighted by Gasteiger charge is 2.20. The molecule has 2 heterocycles. The van der Waals surface area contributed by atoms with Gasteiger partial charge in [0.2, 0.25) is 0 Å². The molecule has 1 aromatic carbocycles. The zero-order valence-electron chi connectivity index (χ0n) is 12.0. The highest BCUT2D eigenvalue weighted by Crippen LogP contribution is 2.30. The first-order valence-corrected chi connectivity index (χ1v) is 6.46. The minimum atomic E-state index is -0.542. The standard InChI is InChI=1S/C10H10F2O.C3H5N3.CH4O/c11-7-3-4-8(9(12)6-7)10-2-1-5-13-10;1-6-3-4-2-5-6;1-2/h3-4,6,10H,1-2,5H2;2-3H,1H3;2H,1H3. The molecule has 1 fully saturated rings. The van der Waals surface area contributed by atoms with E-state index in [1.54, 1.807) is 11.0 Å². The van der Waals surface area contributed by atoms with Gasteiger partial charge in [-0.25, -0.2) is 13.8 Å². The first kappa shape index (κ1) is 17.2. The molecular weight excluding hydrogens is 280 g/mol. The van der Waals surface area contributed by atoms with Crippen LogP contribution >= 0.6 is 0 Å². The van der Waals surface area contributed by atoms with Crippen molar-refractivity contribution in [2.45, 2.75) is 18.9 Å². The fraction of sp³-hybridized carbons (Fsp3) is 0.429.